The van der Waals surface area contributed by atoms with Gasteiger partial charge in [-0.15, -0.1) is 0 Å². The van der Waals surface area contributed by atoms with Gasteiger partial charge in [-0.25, -0.2) is 4.98 Å². The smallest absolute Gasteiger partial charge is 0.214 e. The van der Waals surface area contributed by atoms with Crippen LogP contribution in [0.15, 0.2) is 60.8 Å². The van der Waals surface area contributed by atoms with Crippen molar-refractivity contribution in [2.75, 3.05) is 20.2 Å². The van der Waals surface area contributed by atoms with Gasteiger partial charge in [-0.2, -0.15) is 0 Å². The average molecular weight is 468 g/mol. The van der Waals surface area contributed by atoms with E-state index in [1.807, 2.05) is 24.4 Å². The number of para-hydroxylation sites is 1. The second kappa shape index (κ2) is 9.12. The maximum Gasteiger partial charge on any atom is 0.214 e. The molecular formula is C30H33N3O2. The predicted octanol–water partition coefficient (Wildman–Crippen LogP) is 6.34. The van der Waals surface area contributed by atoms with Gasteiger partial charge in [-0.3, -0.25) is 9.88 Å². The van der Waals surface area contributed by atoms with Crippen molar-refractivity contribution in [1.29, 1.82) is 0 Å². The van der Waals surface area contributed by atoms with Crippen LogP contribution in [-0.2, 0) is 0 Å². The summed E-state index contributed by atoms with van der Waals surface area (Å²) < 4.78 is 12.5. The van der Waals surface area contributed by atoms with Crippen LogP contribution in [0.1, 0.15) is 43.4 Å². The summed E-state index contributed by atoms with van der Waals surface area (Å²) in [7, 11) is 1.71. The molecule has 3 aliphatic rings. The Labute approximate surface area is 207 Å². The molecule has 4 unspecified atom stereocenters. The Morgan fingerprint density at radius 2 is 1.94 bits per heavy atom. The molecule has 4 aromatic rings. The monoisotopic (exact) mass is 467 g/mol. The van der Waals surface area contributed by atoms with Gasteiger partial charge in [-0.05, 0) is 74.0 Å². The van der Waals surface area contributed by atoms with E-state index in [4.69, 9.17) is 14.5 Å². The molecule has 0 radical (unpaired) electrons. The quantitative estimate of drug-likeness (QED) is 0.331. The Morgan fingerprint density at radius 1 is 1.06 bits per heavy atom. The lowest BCUT2D eigenvalue weighted by Gasteiger charge is -2.51. The van der Waals surface area contributed by atoms with Crippen molar-refractivity contribution in [2.45, 2.75) is 45.3 Å². The van der Waals surface area contributed by atoms with E-state index in [1.54, 1.807) is 7.11 Å². The summed E-state index contributed by atoms with van der Waals surface area (Å²) in [6.07, 6.45) is 5.47. The lowest BCUT2D eigenvalue weighted by molar-refractivity contribution is -0.0492. The Balaban J connectivity index is 1.46. The Bertz CT molecular complexity index is 1370. The summed E-state index contributed by atoms with van der Waals surface area (Å²) in [5, 5.41) is 2.26. The third-order valence-electron chi connectivity index (χ3n) is 8.25. The molecule has 5 atom stereocenters. The first-order chi connectivity index (χ1) is 17.1. The lowest BCUT2D eigenvalue weighted by Crippen LogP contribution is -2.56. The highest BCUT2D eigenvalue weighted by molar-refractivity contribution is 5.84. The van der Waals surface area contributed by atoms with Gasteiger partial charge < -0.3 is 9.47 Å². The molecule has 0 aliphatic carbocycles. The second-order valence-electron chi connectivity index (χ2n) is 10.1. The number of aryl methyl sites for hydroxylation is 1. The SMILES string of the molecule is CCC1CN2CCC1C[C@H]2C(Oc1cc(C)c2ccccc2n1)c1ccnc2ccc(OC)cc12. The summed E-state index contributed by atoms with van der Waals surface area (Å²) in [5.41, 5.74) is 4.27. The first-order valence-corrected chi connectivity index (χ1v) is 12.8. The van der Waals surface area contributed by atoms with Gasteiger partial charge in [-0.1, -0.05) is 31.5 Å². The summed E-state index contributed by atoms with van der Waals surface area (Å²) in [6.45, 7) is 6.76. The zero-order valence-corrected chi connectivity index (χ0v) is 20.8. The molecule has 3 aliphatic heterocycles. The zero-order valence-electron chi connectivity index (χ0n) is 20.8. The Morgan fingerprint density at radius 3 is 2.74 bits per heavy atom. The van der Waals surface area contributed by atoms with Crippen molar-refractivity contribution in [3.05, 3.63) is 71.9 Å². The molecule has 0 spiro atoms. The third-order valence-corrected chi connectivity index (χ3v) is 8.25. The highest BCUT2D eigenvalue weighted by atomic mass is 16.5. The number of ether oxygens (including phenoxy) is 2. The van der Waals surface area contributed by atoms with Crippen molar-refractivity contribution in [2.24, 2.45) is 11.8 Å². The minimum absolute atomic E-state index is 0.138. The van der Waals surface area contributed by atoms with Gasteiger partial charge >= 0.3 is 0 Å². The predicted molar refractivity (Wildman–Crippen MR) is 140 cm³/mol. The molecule has 35 heavy (non-hydrogen) atoms. The minimum atomic E-state index is -0.138. The summed E-state index contributed by atoms with van der Waals surface area (Å²) in [4.78, 5) is 12.2. The van der Waals surface area contributed by atoms with Gasteiger partial charge in [0.2, 0.25) is 5.88 Å². The van der Waals surface area contributed by atoms with Crippen molar-refractivity contribution in [3.63, 3.8) is 0 Å². The first-order valence-electron chi connectivity index (χ1n) is 12.8. The largest absolute Gasteiger partial charge is 0.497 e. The molecule has 2 aromatic carbocycles. The number of pyridine rings is 2. The van der Waals surface area contributed by atoms with E-state index in [1.165, 1.54) is 23.8 Å². The Hall–Kier alpha value is -3.18. The standard InChI is InChI=1S/C30H33N3O2/c1-4-20-18-33-14-12-21(20)16-28(33)30(24-11-13-31-26-10-9-22(34-3)17-25(24)26)35-29-15-19(2)23-7-5-6-8-27(23)32-29/h5-11,13,15,17,20-21,28,30H,4,12,14,16,18H2,1-3H3/t20?,21?,28-,30?/m0/s1. The number of aromatic nitrogens is 2. The molecule has 5 heteroatoms. The van der Waals surface area contributed by atoms with Crippen LogP contribution >= 0.6 is 0 Å². The van der Waals surface area contributed by atoms with Crippen molar-refractivity contribution < 1.29 is 9.47 Å². The average Bonchev–Trinajstić information content (AvgIpc) is 2.91. The number of benzene rings is 2. The molecule has 3 fully saturated rings. The molecule has 7 rings (SSSR count). The number of fused-ring (bicyclic) bond motifs is 5. The van der Waals surface area contributed by atoms with Crippen LogP contribution in [0.4, 0.5) is 0 Å². The van der Waals surface area contributed by atoms with Crippen LogP contribution < -0.4 is 9.47 Å². The van der Waals surface area contributed by atoms with E-state index < -0.39 is 0 Å². The molecule has 2 bridgehead atoms. The fourth-order valence-corrected chi connectivity index (χ4v) is 6.34. The van der Waals surface area contributed by atoms with Crippen molar-refractivity contribution in [1.82, 2.24) is 14.9 Å². The normalized spacial score (nSPS) is 24.5. The second-order valence-corrected chi connectivity index (χ2v) is 10.1. The van der Waals surface area contributed by atoms with Gasteiger partial charge in [0.15, 0.2) is 0 Å². The fraction of sp³-hybridized carbons (Fsp3) is 0.400. The van der Waals surface area contributed by atoms with E-state index >= 15 is 0 Å². The van der Waals surface area contributed by atoms with E-state index in [9.17, 15) is 0 Å². The maximum atomic E-state index is 6.91. The van der Waals surface area contributed by atoms with E-state index in [2.05, 4.69) is 60.1 Å². The molecule has 0 saturated carbocycles. The van der Waals surface area contributed by atoms with Crippen LogP contribution in [0.25, 0.3) is 21.8 Å². The maximum absolute atomic E-state index is 6.91. The number of hydrogen-bond acceptors (Lipinski definition) is 5. The summed E-state index contributed by atoms with van der Waals surface area (Å²) in [6, 6.07) is 18.9. The first kappa shape index (κ1) is 22.3. The molecule has 0 amide bonds. The number of methoxy groups -OCH3 is 1. The van der Waals surface area contributed by atoms with Crippen LogP contribution in [0.3, 0.4) is 0 Å². The summed E-state index contributed by atoms with van der Waals surface area (Å²) in [5.74, 6) is 3.07. The molecule has 2 aromatic heterocycles. The van der Waals surface area contributed by atoms with E-state index in [0.717, 1.165) is 59.1 Å². The zero-order chi connectivity index (χ0) is 23.9. The molecule has 5 heterocycles. The Kier molecular flexibility index (Phi) is 5.81. The van der Waals surface area contributed by atoms with Crippen molar-refractivity contribution >= 4 is 21.8 Å². The number of hydrogen-bond donors (Lipinski definition) is 0. The molecule has 0 N–H and O–H groups in total. The van der Waals surface area contributed by atoms with Crippen LogP contribution in [-0.4, -0.2) is 41.1 Å². The lowest BCUT2D eigenvalue weighted by atomic mass is 9.72. The van der Waals surface area contributed by atoms with Gasteiger partial charge in [0.05, 0.1) is 24.2 Å². The van der Waals surface area contributed by atoms with Crippen LogP contribution in [0, 0.1) is 18.8 Å². The molecule has 3 saturated heterocycles. The van der Waals surface area contributed by atoms with Gasteiger partial charge in [0.1, 0.15) is 11.9 Å². The highest BCUT2D eigenvalue weighted by Crippen LogP contribution is 2.44. The highest BCUT2D eigenvalue weighted by Gasteiger charge is 2.44. The number of piperidine rings is 3. The number of rotatable bonds is 6. The van der Waals surface area contributed by atoms with Gasteiger partial charge in [0, 0.05) is 35.1 Å². The minimum Gasteiger partial charge on any atom is -0.497 e. The van der Waals surface area contributed by atoms with E-state index in [0.29, 0.717) is 11.9 Å². The van der Waals surface area contributed by atoms with E-state index in [-0.39, 0.29) is 6.10 Å². The van der Waals surface area contributed by atoms with Crippen LogP contribution in [0.2, 0.25) is 0 Å². The molecular weight excluding hydrogens is 434 g/mol. The topological polar surface area (TPSA) is 47.5 Å². The van der Waals surface area contributed by atoms with Crippen LogP contribution in [0.5, 0.6) is 11.6 Å². The summed E-state index contributed by atoms with van der Waals surface area (Å²) >= 11 is 0. The van der Waals surface area contributed by atoms with Gasteiger partial charge in [0.25, 0.3) is 0 Å². The van der Waals surface area contributed by atoms with Crippen molar-refractivity contribution in [3.8, 4) is 11.6 Å². The number of nitrogens with zero attached hydrogens (tertiary/aromatic N) is 3. The fourth-order valence-electron chi connectivity index (χ4n) is 6.34. The molecule has 180 valence electrons. The molecule has 5 nitrogen and oxygen atoms in total. The third kappa shape index (κ3) is 4.02.